The molecule has 1 aromatic rings. The summed E-state index contributed by atoms with van der Waals surface area (Å²) >= 11 is 2.10. The highest BCUT2D eigenvalue weighted by molar-refractivity contribution is 14.1. The minimum Gasteiger partial charge on any atom is -0.294 e. The van der Waals surface area contributed by atoms with Crippen LogP contribution < -0.4 is 0 Å². The highest BCUT2D eigenvalue weighted by Crippen LogP contribution is 2.22. The Morgan fingerprint density at radius 3 is 2.25 bits per heavy atom. The van der Waals surface area contributed by atoms with Crippen LogP contribution in [0.5, 0.6) is 0 Å². The van der Waals surface area contributed by atoms with Gasteiger partial charge in [0.2, 0.25) is 0 Å². The van der Waals surface area contributed by atoms with Crippen molar-refractivity contribution in [3.05, 3.63) is 33.4 Å². The molecule has 16 heavy (non-hydrogen) atoms. The van der Waals surface area contributed by atoms with E-state index in [2.05, 4.69) is 22.6 Å². The van der Waals surface area contributed by atoms with Crippen LogP contribution in [0.3, 0.4) is 0 Å². The van der Waals surface area contributed by atoms with Gasteiger partial charge in [-0.2, -0.15) is 13.2 Å². The number of hydrogen-bond donors (Lipinski definition) is 0. The summed E-state index contributed by atoms with van der Waals surface area (Å²) in [6.07, 6.45) is -5.27. The van der Waals surface area contributed by atoms with E-state index in [1.807, 2.05) is 0 Å². The van der Waals surface area contributed by atoms with Crippen molar-refractivity contribution in [2.45, 2.75) is 25.4 Å². The highest BCUT2D eigenvalue weighted by Gasteiger charge is 2.26. The van der Waals surface area contributed by atoms with Crippen molar-refractivity contribution in [1.29, 1.82) is 0 Å². The molecule has 0 heterocycles. The zero-order valence-corrected chi connectivity index (χ0v) is 10.5. The summed E-state index contributed by atoms with van der Waals surface area (Å²) in [6.45, 7) is 0. The number of Topliss-reactive ketones (excluding diaryl/α,β-unsaturated/α-hetero) is 1. The van der Waals surface area contributed by atoms with Crippen molar-refractivity contribution < 1.29 is 18.0 Å². The smallest absolute Gasteiger partial charge is 0.294 e. The van der Waals surface area contributed by atoms with Gasteiger partial charge in [-0.3, -0.25) is 4.79 Å². The van der Waals surface area contributed by atoms with E-state index in [0.717, 1.165) is 3.57 Å². The predicted octanol–water partition coefficient (Wildman–Crippen LogP) is 4.21. The van der Waals surface area contributed by atoms with Crippen LogP contribution in [0.2, 0.25) is 0 Å². The van der Waals surface area contributed by atoms with Crippen LogP contribution in [0.4, 0.5) is 13.2 Å². The molecule has 0 spiro atoms. The van der Waals surface area contributed by atoms with Crippen molar-refractivity contribution >= 4 is 28.4 Å². The third-order valence-corrected chi connectivity index (χ3v) is 2.75. The standard InChI is InChI=1S/C11H10F3IO/c12-11(13,14)7-1-2-10(16)8-3-5-9(15)6-4-8/h3-6H,1-2,7H2. The first-order valence-electron chi connectivity index (χ1n) is 4.74. The normalized spacial score (nSPS) is 11.5. The molecule has 0 amide bonds. The van der Waals surface area contributed by atoms with Gasteiger partial charge in [0.25, 0.3) is 0 Å². The van der Waals surface area contributed by atoms with Crippen molar-refractivity contribution in [3.8, 4) is 0 Å². The molecule has 0 atom stereocenters. The van der Waals surface area contributed by atoms with Gasteiger partial charge in [0.15, 0.2) is 5.78 Å². The third-order valence-electron chi connectivity index (χ3n) is 2.03. The number of rotatable bonds is 4. The molecule has 0 fully saturated rings. The first kappa shape index (κ1) is 13.5. The van der Waals surface area contributed by atoms with E-state index >= 15 is 0 Å². The van der Waals surface area contributed by atoms with E-state index in [9.17, 15) is 18.0 Å². The first-order valence-corrected chi connectivity index (χ1v) is 5.82. The van der Waals surface area contributed by atoms with E-state index in [0.29, 0.717) is 5.56 Å². The molecule has 0 saturated carbocycles. The Bertz CT molecular complexity index is 356. The molecule has 0 saturated heterocycles. The van der Waals surface area contributed by atoms with Crippen LogP contribution in [-0.2, 0) is 0 Å². The monoisotopic (exact) mass is 342 g/mol. The van der Waals surface area contributed by atoms with E-state index in [1.165, 1.54) is 0 Å². The maximum absolute atomic E-state index is 11.8. The van der Waals surface area contributed by atoms with Crippen molar-refractivity contribution in [1.82, 2.24) is 0 Å². The summed E-state index contributed by atoms with van der Waals surface area (Å²) < 4.78 is 36.5. The van der Waals surface area contributed by atoms with E-state index in [1.54, 1.807) is 24.3 Å². The Hall–Kier alpha value is -0.590. The van der Waals surface area contributed by atoms with Gasteiger partial charge < -0.3 is 0 Å². The Balaban J connectivity index is 2.44. The second-order valence-electron chi connectivity index (χ2n) is 3.40. The molecular formula is C11H10F3IO. The second-order valence-corrected chi connectivity index (χ2v) is 4.64. The molecule has 0 aliphatic rings. The number of hydrogen-bond acceptors (Lipinski definition) is 1. The number of carbonyl (C=O) groups excluding carboxylic acids is 1. The molecular weight excluding hydrogens is 332 g/mol. The lowest BCUT2D eigenvalue weighted by molar-refractivity contribution is -0.135. The molecule has 88 valence electrons. The second kappa shape index (κ2) is 5.65. The molecule has 0 bridgehead atoms. The Morgan fingerprint density at radius 2 is 1.75 bits per heavy atom. The number of halogens is 4. The Kier molecular flexibility index (Phi) is 4.76. The van der Waals surface area contributed by atoms with Crippen LogP contribution in [-0.4, -0.2) is 12.0 Å². The molecule has 0 aromatic heterocycles. The minimum absolute atomic E-state index is 0.0555. The van der Waals surface area contributed by atoms with Gasteiger partial charge in [0.1, 0.15) is 0 Å². The van der Waals surface area contributed by atoms with Gasteiger partial charge in [-0.05, 0) is 41.1 Å². The quantitative estimate of drug-likeness (QED) is 0.592. The molecule has 1 aromatic carbocycles. The number of carbonyl (C=O) groups is 1. The number of alkyl halides is 3. The van der Waals surface area contributed by atoms with Crippen LogP contribution in [0.1, 0.15) is 29.6 Å². The van der Waals surface area contributed by atoms with Crippen molar-refractivity contribution in [2.24, 2.45) is 0 Å². The van der Waals surface area contributed by atoms with E-state index < -0.39 is 12.6 Å². The fraction of sp³-hybridized carbons (Fsp3) is 0.364. The number of ketones is 1. The third kappa shape index (κ3) is 4.96. The topological polar surface area (TPSA) is 17.1 Å². The van der Waals surface area contributed by atoms with Gasteiger partial charge in [-0.1, -0.05) is 12.1 Å². The highest BCUT2D eigenvalue weighted by atomic mass is 127. The summed E-state index contributed by atoms with van der Waals surface area (Å²) in [7, 11) is 0. The Morgan fingerprint density at radius 1 is 1.19 bits per heavy atom. The Labute approximate surface area is 105 Å². The zero-order valence-electron chi connectivity index (χ0n) is 8.35. The lowest BCUT2D eigenvalue weighted by atomic mass is 10.1. The SMILES string of the molecule is O=C(CCCC(F)(F)F)c1ccc(I)cc1. The first-order chi connectivity index (χ1) is 7.38. The molecule has 0 unspecified atom stereocenters. The van der Waals surface area contributed by atoms with Crippen LogP contribution >= 0.6 is 22.6 Å². The number of benzene rings is 1. The van der Waals surface area contributed by atoms with Crippen LogP contribution in [0.15, 0.2) is 24.3 Å². The molecule has 1 rings (SSSR count). The maximum atomic E-state index is 11.8. The van der Waals surface area contributed by atoms with Crippen molar-refractivity contribution in [2.75, 3.05) is 0 Å². The van der Waals surface area contributed by atoms with E-state index in [-0.39, 0.29) is 18.6 Å². The average Bonchev–Trinajstić information content (AvgIpc) is 2.16. The molecule has 0 aliphatic heterocycles. The van der Waals surface area contributed by atoms with Gasteiger partial charge in [-0.25, -0.2) is 0 Å². The maximum Gasteiger partial charge on any atom is 0.389 e. The van der Waals surface area contributed by atoms with Gasteiger partial charge in [0, 0.05) is 22.0 Å². The van der Waals surface area contributed by atoms with E-state index in [4.69, 9.17) is 0 Å². The molecule has 0 N–H and O–H groups in total. The van der Waals surface area contributed by atoms with Crippen LogP contribution in [0, 0.1) is 3.57 Å². The fourth-order valence-corrected chi connectivity index (χ4v) is 1.59. The largest absolute Gasteiger partial charge is 0.389 e. The molecule has 5 heteroatoms. The lowest BCUT2D eigenvalue weighted by Crippen LogP contribution is -2.08. The minimum atomic E-state index is -4.17. The van der Waals surface area contributed by atoms with Gasteiger partial charge in [0.05, 0.1) is 0 Å². The lowest BCUT2D eigenvalue weighted by Gasteiger charge is -2.05. The summed E-state index contributed by atoms with van der Waals surface area (Å²) in [4.78, 5) is 11.5. The summed E-state index contributed by atoms with van der Waals surface area (Å²) in [5.41, 5.74) is 0.475. The fourth-order valence-electron chi connectivity index (χ4n) is 1.23. The van der Waals surface area contributed by atoms with Crippen molar-refractivity contribution in [3.63, 3.8) is 0 Å². The van der Waals surface area contributed by atoms with Crippen LogP contribution in [0.25, 0.3) is 0 Å². The molecule has 0 aliphatic carbocycles. The van der Waals surface area contributed by atoms with Gasteiger partial charge in [-0.15, -0.1) is 0 Å². The average molecular weight is 342 g/mol. The summed E-state index contributed by atoms with van der Waals surface area (Å²) in [5, 5.41) is 0. The molecule has 1 nitrogen and oxygen atoms in total. The predicted molar refractivity (Wildman–Crippen MR) is 63.4 cm³/mol. The summed E-state index contributed by atoms with van der Waals surface area (Å²) in [5.74, 6) is -0.236. The van der Waals surface area contributed by atoms with Gasteiger partial charge >= 0.3 is 6.18 Å². The summed E-state index contributed by atoms with van der Waals surface area (Å²) in [6, 6.07) is 6.80. The zero-order chi connectivity index (χ0) is 12.2. The molecule has 0 radical (unpaired) electrons.